The molecule has 0 fully saturated rings. The molecule has 0 aliphatic rings. The van der Waals surface area contributed by atoms with E-state index >= 15 is 0 Å². The Morgan fingerprint density at radius 2 is 2.38 bits per heavy atom. The highest BCUT2D eigenvalue weighted by atomic mass is 35.5. The van der Waals surface area contributed by atoms with E-state index in [0.717, 1.165) is 18.1 Å². The standard InChI is InChI=1S/C9H13ClO2S/c1-8-9(2-4-12-8)13-7-6-11-5-3-10/h2,4H,3,5-7H2,1H3. The monoisotopic (exact) mass is 220 g/mol. The molecule has 0 bridgehead atoms. The smallest absolute Gasteiger partial charge is 0.114 e. The van der Waals surface area contributed by atoms with Gasteiger partial charge in [-0.05, 0) is 13.0 Å². The Kier molecular flexibility index (Phi) is 5.35. The number of hydrogen-bond donors (Lipinski definition) is 0. The molecule has 1 aromatic rings. The van der Waals surface area contributed by atoms with Gasteiger partial charge in [0.2, 0.25) is 0 Å². The van der Waals surface area contributed by atoms with Crippen LogP contribution in [-0.4, -0.2) is 24.8 Å². The lowest BCUT2D eigenvalue weighted by Crippen LogP contribution is -1.99. The molecular weight excluding hydrogens is 208 g/mol. The maximum absolute atomic E-state index is 5.46. The zero-order valence-electron chi connectivity index (χ0n) is 7.59. The van der Waals surface area contributed by atoms with Gasteiger partial charge in [0.05, 0.1) is 19.5 Å². The van der Waals surface area contributed by atoms with Crippen molar-refractivity contribution in [3.63, 3.8) is 0 Å². The van der Waals surface area contributed by atoms with E-state index in [0.29, 0.717) is 12.5 Å². The summed E-state index contributed by atoms with van der Waals surface area (Å²) in [6, 6.07) is 1.97. The molecule has 1 heterocycles. The van der Waals surface area contributed by atoms with Crippen molar-refractivity contribution in [2.45, 2.75) is 11.8 Å². The molecule has 0 aliphatic heterocycles. The molecule has 0 saturated carbocycles. The Bertz CT molecular complexity index is 237. The second kappa shape index (κ2) is 6.35. The summed E-state index contributed by atoms with van der Waals surface area (Å²) in [5.74, 6) is 2.48. The quantitative estimate of drug-likeness (QED) is 0.418. The van der Waals surface area contributed by atoms with Gasteiger partial charge < -0.3 is 9.15 Å². The van der Waals surface area contributed by atoms with E-state index in [-0.39, 0.29) is 0 Å². The zero-order valence-corrected chi connectivity index (χ0v) is 9.16. The Morgan fingerprint density at radius 3 is 3.00 bits per heavy atom. The first-order chi connectivity index (χ1) is 6.34. The lowest BCUT2D eigenvalue weighted by molar-refractivity contribution is 0.166. The van der Waals surface area contributed by atoms with Crippen molar-refractivity contribution >= 4 is 23.4 Å². The average Bonchev–Trinajstić information content (AvgIpc) is 2.52. The van der Waals surface area contributed by atoms with E-state index in [4.69, 9.17) is 20.8 Å². The van der Waals surface area contributed by atoms with Crippen molar-refractivity contribution in [1.82, 2.24) is 0 Å². The Hall–Kier alpha value is -0.120. The van der Waals surface area contributed by atoms with Crippen LogP contribution >= 0.6 is 23.4 Å². The summed E-state index contributed by atoms with van der Waals surface area (Å²) in [6.45, 7) is 3.33. The van der Waals surface area contributed by atoms with Gasteiger partial charge in [-0.15, -0.1) is 23.4 Å². The molecule has 0 saturated heterocycles. The van der Waals surface area contributed by atoms with Gasteiger partial charge in [0, 0.05) is 16.5 Å². The molecule has 13 heavy (non-hydrogen) atoms. The van der Waals surface area contributed by atoms with Crippen molar-refractivity contribution < 1.29 is 9.15 Å². The van der Waals surface area contributed by atoms with Crippen LogP contribution in [0.25, 0.3) is 0 Å². The van der Waals surface area contributed by atoms with E-state index in [9.17, 15) is 0 Å². The summed E-state index contributed by atoms with van der Waals surface area (Å²) >= 11 is 7.20. The van der Waals surface area contributed by atoms with Gasteiger partial charge in [0.1, 0.15) is 5.76 Å². The van der Waals surface area contributed by atoms with Gasteiger partial charge in [-0.25, -0.2) is 0 Å². The van der Waals surface area contributed by atoms with Crippen molar-refractivity contribution in [2.24, 2.45) is 0 Å². The van der Waals surface area contributed by atoms with E-state index in [1.807, 2.05) is 13.0 Å². The number of rotatable bonds is 6. The predicted octanol–water partition coefficient (Wildman–Crippen LogP) is 2.94. The number of aryl methyl sites for hydroxylation is 1. The summed E-state index contributed by atoms with van der Waals surface area (Å²) in [7, 11) is 0. The molecule has 0 amide bonds. The third-order valence-corrected chi connectivity index (χ3v) is 2.78. The number of alkyl halides is 1. The van der Waals surface area contributed by atoms with Crippen molar-refractivity contribution in [1.29, 1.82) is 0 Å². The molecule has 0 atom stereocenters. The molecule has 0 radical (unpaired) electrons. The number of halogens is 1. The van der Waals surface area contributed by atoms with E-state index < -0.39 is 0 Å². The normalized spacial score (nSPS) is 10.6. The number of thioether (sulfide) groups is 1. The van der Waals surface area contributed by atoms with Gasteiger partial charge in [-0.3, -0.25) is 0 Å². The molecular formula is C9H13ClO2S. The zero-order chi connectivity index (χ0) is 9.52. The van der Waals surface area contributed by atoms with Crippen molar-refractivity contribution in [3.8, 4) is 0 Å². The molecule has 74 valence electrons. The molecule has 4 heteroatoms. The first kappa shape index (κ1) is 11.0. The Labute approximate surface area is 87.6 Å². The van der Waals surface area contributed by atoms with Crippen LogP contribution in [0.3, 0.4) is 0 Å². The van der Waals surface area contributed by atoms with Gasteiger partial charge in [-0.2, -0.15) is 0 Å². The fourth-order valence-corrected chi connectivity index (χ4v) is 1.82. The fraction of sp³-hybridized carbons (Fsp3) is 0.556. The molecule has 1 aromatic heterocycles. The minimum Gasteiger partial charge on any atom is -0.468 e. The largest absolute Gasteiger partial charge is 0.468 e. The molecule has 0 unspecified atom stereocenters. The lowest BCUT2D eigenvalue weighted by atomic mass is 10.5. The minimum atomic E-state index is 0.565. The summed E-state index contributed by atoms with van der Waals surface area (Å²) in [6.07, 6.45) is 1.71. The van der Waals surface area contributed by atoms with Gasteiger partial charge in [-0.1, -0.05) is 0 Å². The van der Waals surface area contributed by atoms with Crippen LogP contribution in [0.5, 0.6) is 0 Å². The third kappa shape index (κ3) is 4.07. The predicted molar refractivity (Wildman–Crippen MR) is 55.7 cm³/mol. The minimum absolute atomic E-state index is 0.565. The average molecular weight is 221 g/mol. The number of furan rings is 1. The van der Waals surface area contributed by atoms with E-state index in [2.05, 4.69) is 0 Å². The maximum atomic E-state index is 5.46. The van der Waals surface area contributed by atoms with Gasteiger partial charge in [0.25, 0.3) is 0 Å². The highest BCUT2D eigenvalue weighted by Crippen LogP contribution is 2.22. The first-order valence-electron chi connectivity index (χ1n) is 4.15. The summed E-state index contributed by atoms with van der Waals surface area (Å²) in [4.78, 5) is 1.19. The molecule has 0 spiro atoms. The number of ether oxygens (including phenoxy) is 1. The Morgan fingerprint density at radius 1 is 1.54 bits per heavy atom. The fourth-order valence-electron chi connectivity index (χ4n) is 0.890. The molecule has 0 aliphatic carbocycles. The molecule has 1 rings (SSSR count). The van der Waals surface area contributed by atoms with Gasteiger partial charge in [0.15, 0.2) is 0 Å². The summed E-state index contributed by atoms with van der Waals surface area (Å²) < 4.78 is 10.4. The van der Waals surface area contributed by atoms with Crippen molar-refractivity contribution in [3.05, 3.63) is 18.1 Å². The summed E-state index contributed by atoms with van der Waals surface area (Å²) in [5, 5.41) is 0. The summed E-state index contributed by atoms with van der Waals surface area (Å²) in [5.41, 5.74) is 0. The third-order valence-electron chi connectivity index (χ3n) is 1.52. The van der Waals surface area contributed by atoms with Crippen LogP contribution in [0.4, 0.5) is 0 Å². The van der Waals surface area contributed by atoms with Crippen molar-refractivity contribution in [2.75, 3.05) is 24.8 Å². The first-order valence-corrected chi connectivity index (χ1v) is 5.67. The number of hydrogen-bond acceptors (Lipinski definition) is 3. The van der Waals surface area contributed by atoms with Crippen LogP contribution in [0, 0.1) is 6.92 Å². The van der Waals surface area contributed by atoms with Crippen LogP contribution in [0.2, 0.25) is 0 Å². The highest BCUT2D eigenvalue weighted by Gasteiger charge is 2.00. The highest BCUT2D eigenvalue weighted by molar-refractivity contribution is 7.99. The second-order valence-corrected chi connectivity index (χ2v) is 4.01. The lowest BCUT2D eigenvalue weighted by Gasteiger charge is -2.00. The van der Waals surface area contributed by atoms with Crippen LogP contribution in [-0.2, 0) is 4.74 Å². The van der Waals surface area contributed by atoms with Gasteiger partial charge >= 0.3 is 0 Å². The SMILES string of the molecule is Cc1occc1SCCOCCCl. The van der Waals surface area contributed by atoms with Crippen LogP contribution in [0.1, 0.15) is 5.76 Å². The molecule has 0 aromatic carbocycles. The molecule has 2 nitrogen and oxygen atoms in total. The van der Waals surface area contributed by atoms with E-state index in [1.54, 1.807) is 18.0 Å². The molecule has 0 N–H and O–H groups in total. The second-order valence-electron chi connectivity index (χ2n) is 2.49. The van der Waals surface area contributed by atoms with E-state index in [1.165, 1.54) is 4.90 Å². The van der Waals surface area contributed by atoms with Crippen LogP contribution < -0.4 is 0 Å². The topological polar surface area (TPSA) is 22.4 Å². The maximum Gasteiger partial charge on any atom is 0.114 e. The Balaban J connectivity index is 2.10. The van der Waals surface area contributed by atoms with Crippen LogP contribution in [0.15, 0.2) is 21.6 Å².